The number of nitrogens with zero attached hydrogens (tertiary/aromatic N) is 1. The number of thioether (sulfide) groups is 1. The molecule has 1 N–H and O–H groups in total. The van der Waals surface area contributed by atoms with Crippen LogP contribution in [-0.2, 0) is 14.6 Å². The summed E-state index contributed by atoms with van der Waals surface area (Å²) in [7, 11) is -2.97. The molecule has 2 unspecified atom stereocenters. The van der Waals surface area contributed by atoms with Gasteiger partial charge in [0, 0.05) is 43.4 Å². The first-order chi connectivity index (χ1) is 8.57. The lowest BCUT2D eigenvalue weighted by molar-refractivity contribution is 0.0697. The van der Waals surface area contributed by atoms with Crippen molar-refractivity contribution < 1.29 is 13.2 Å². The summed E-state index contributed by atoms with van der Waals surface area (Å²) in [4.78, 5) is 2.11. The molecule has 0 aliphatic carbocycles. The Hall–Kier alpha value is 0.180. The Balaban J connectivity index is 1.85. The molecule has 2 aliphatic rings. The smallest absolute Gasteiger partial charge is 0.164 e. The van der Waals surface area contributed by atoms with E-state index in [0.717, 1.165) is 45.0 Å². The molecule has 0 spiro atoms. The van der Waals surface area contributed by atoms with Crippen molar-refractivity contribution in [2.75, 3.05) is 50.6 Å². The standard InChI is InChI=1S/C11H22N2O3S2/c1-18(14,15)11-9-17-7-5-13(11)4-2-10-8-16-6-3-12-10/h10-12H,2-9H2,1H3. The Morgan fingerprint density at radius 3 is 3.00 bits per heavy atom. The lowest BCUT2D eigenvalue weighted by atomic mass is 10.2. The molecule has 2 heterocycles. The minimum Gasteiger partial charge on any atom is -0.379 e. The summed E-state index contributed by atoms with van der Waals surface area (Å²) < 4.78 is 28.9. The van der Waals surface area contributed by atoms with E-state index in [0.29, 0.717) is 11.8 Å². The lowest BCUT2D eigenvalue weighted by Gasteiger charge is -2.35. The van der Waals surface area contributed by atoms with Crippen molar-refractivity contribution in [2.24, 2.45) is 0 Å². The van der Waals surface area contributed by atoms with Crippen molar-refractivity contribution in [3.63, 3.8) is 0 Å². The highest BCUT2D eigenvalue weighted by Gasteiger charge is 2.31. The zero-order valence-corrected chi connectivity index (χ0v) is 12.4. The predicted molar refractivity (Wildman–Crippen MR) is 74.8 cm³/mol. The molecule has 0 aromatic heterocycles. The van der Waals surface area contributed by atoms with E-state index in [1.54, 1.807) is 11.8 Å². The Labute approximate surface area is 114 Å². The third-order valence-corrected chi connectivity index (χ3v) is 6.13. The van der Waals surface area contributed by atoms with E-state index in [1.165, 1.54) is 6.26 Å². The molecule has 2 aliphatic heterocycles. The number of ether oxygens (including phenoxy) is 1. The van der Waals surface area contributed by atoms with Gasteiger partial charge in [0.05, 0.1) is 13.2 Å². The van der Waals surface area contributed by atoms with E-state index in [1.807, 2.05) is 0 Å². The highest BCUT2D eigenvalue weighted by Crippen LogP contribution is 2.20. The van der Waals surface area contributed by atoms with Gasteiger partial charge in [0.25, 0.3) is 0 Å². The predicted octanol–water partition coefficient (Wildman–Crippen LogP) is -0.216. The second-order valence-corrected chi connectivity index (χ2v) is 8.26. The minimum atomic E-state index is -2.97. The molecule has 18 heavy (non-hydrogen) atoms. The van der Waals surface area contributed by atoms with Crippen LogP contribution in [-0.4, -0.2) is 75.3 Å². The molecule has 0 radical (unpaired) electrons. The highest BCUT2D eigenvalue weighted by molar-refractivity contribution is 8.00. The maximum absolute atomic E-state index is 11.8. The number of hydrogen-bond donors (Lipinski definition) is 1. The van der Waals surface area contributed by atoms with Crippen molar-refractivity contribution >= 4 is 21.6 Å². The molecule has 2 atom stereocenters. The zero-order valence-electron chi connectivity index (χ0n) is 10.8. The van der Waals surface area contributed by atoms with E-state index in [4.69, 9.17) is 4.74 Å². The van der Waals surface area contributed by atoms with E-state index >= 15 is 0 Å². The van der Waals surface area contributed by atoms with Crippen molar-refractivity contribution in [1.82, 2.24) is 10.2 Å². The molecular weight excluding hydrogens is 272 g/mol. The topological polar surface area (TPSA) is 58.6 Å². The van der Waals surface area contributed by atoms with Crippen LogP contribution in [0.15, 0.2) is 0 Å². The Bertz CT molecular complexity index is 355. The van der Waals surface area contributed by atoms with Crippen LogP contribution >= 0.6 is 11.8 Å². The monoisotopic (exact) mass is 294 g/mol. The van der Waals surface area contributed by atoms with Crippen molar-refractivity contribution in [1.29, 1.82) is 0 Å². The Kier molecular flexibility index (Phi) is 5.32. The van der Waals surface area contributed by atoms with E-state index < -0.39 is 9.84 Å². The molecule has 0 saturated carbocycles. The molecule has 5 nitrogen and oxygen atoms in total. The first-order valence-corrected chi connectivity index (χ1v) is 9.50. The normalized spacial score (nSPS) is 31.4. The number of rotatable bonds is 4. The Morgan fingerprint density at radius 2 is 2.33 bits per heavy atom. The summed E-state index contributed by atoms with van der Waals surface area (Å²) in [6.45, 7) is 4.13. The van der Waals surface area contributed by atoms with E-state index in [2.05, 4.69) is 10.2 Å². The third-order valence-electron chi connectivity index (χ3n) is 3.45. The van der Waals surface area contributed by atoms with Gasteiger partial charge in [-0.2, -0.15) is 11.8 Å². The molecule has 106 valence electrons. The Morgan fingerprint density at radius 1 is 1.50 bits per heavy atom. The van der Waals surface area contributed by atoms with Crippen LogP contribution in [0.1, 0.15) is 6.42 Å². The fraction of sp³-hybridized carbons (Fsp3) is 1.00. The second kappa shape index (κ2) is 6.56. The summed E-state index contributed by atoms with van der Waals surface area (Å²) in [5.41, 5.74) is 0. The maximum atomic E-state index is 11.8. The average Bonchev–Trinajstić information content (AvgIpc) is 2.37. The van der Waals surface area contributed by atoms with Gasteiger partial charge in [-0.05, 0) is 6.42 Å². The first kappa shape index (κ1) is 14.6. The van der Waals surface area contributed by atoms with Crippen LogP contribution in [0, 0.1) is 0 Å². The second-order valence-electron chi connectivity index (χ2n) is 4.91. The molecule has 2 fully saturated rings. The summed E-state index contributed by atoms with van der Waals surface area (Å²) >= 11 is 1.73. The summed E-state index contributed by atoms with van der Waals surface area (Å²) in [6, 6.07) is 0.369. The number of morpholine rings is 1. The molecular formula is C11H22N2O3S2. The molecule has 2 rings (SSSR count). The van der Waals surface area contributed by atoms with Gasteiger partial charge >= 0.3 is 0 Å². The summed E-state index contributed by atoms with van der Waals surface area (Å²) in [6.07, 6.45) is 2.30. The number of hydrogen-bond acceptors (Lipinski definition) is 6. The molecule has 0 bridgehead atoms. The van der Waals surface area contributed by atoms with Gasteiger partial charge in [-0.15, -0.1) is 0 Å². The quantitative estimate of drug-likeness (QED) is 0.774. The minimum absolute atomic E-state index is 0.305. The summed E-state index contributed by atoms with van der Waals surface area (Å²) in [5, 5.41) is 3.10. The number of sulfone groups is 1. The van der Waals surface area contributed by atoms with Gasteiger partial charge in [0.2, 0.25) is 0 Å². The van der Waals surface area contributed by atoms with Gasteiger partial charge in [0.15, 0.2) is 9.84 Å². The highest BCUT2D eigenvalue weighted by atomic mass is 32.2. The van der Waals surface area contributed by atoms with Crippen LogP contribution in [0.2, 0.25) is 0 Å². The van der Waals surface area contributed by atoms with E-state index in [-0.39, 0.29) is 5.37 Å². The molecule has 0 aromatic rings. The van der Waals surface area contributed by atoms with Crippen molar-refractivity contribution in [3.05, 3.63) is 0 Å². The fourth-order valence-electron chi connectivity index (χ4n) is 2.39. The lowest BCUT2D eigenvalue weighted by Crippen LogP contribution is -2.49. The van der Waals surface area contributed by atoms with E-state index in [9.17, 15) is 8.42 Å². The average molecular weight is 294 g/mol. The molecule has 7 heteroatoms. The molecule has 0 amide bonds. The molecule has 0 aromatic carbocycles. The maximum Gasteiger partial charge on any atom is 0.164 e. The molecule has 2 saturated heterocycles. The van der Waals surface area contributed by atoms with Crippen molar-refractivity contribution in [3.8, 4) is 0 Å². The van der Waals surface area contributed by atoms with Gasteiger partial charge in [0.1, 0.15) is 5.37 Å². The first-order valence-electron chi connectivity index (χ1n) is 6.39. The van der Waals surface area contributed by atoms with Crippen LogP contribution in [0.3, 0.4) is 0 Å². The van der Waals surface area contributed by atoms with Crippen LogP contribution in [0.5, 0.6) is 0 Å². The van der Waals surface area contributed by atoms with Gasteiger partial charge in [-0.1, -0.05) is 0 Å². The largest absolute Gasteiger partial charge is 0.379 e. The van der Waals surface area contributed by atoms with Crippen LogP contribution in [0.4, 0.5) is 0 Å². The third kappa shape index (κ3) is 4.09. The van der Waals surface area contributed by atoms with Gasteiger partial charge in [-0.3, -0.25) is 4.90 Å². The number of nitrogens with one attached hydrogen (secondary N) is 1. The summed E-state index contributed by atoms with van der Waals surface area (Å²) in [5.74, 6) is 1.73. The van der Waals surface area contributed by atoms with Crippen LogP contribution < -0.4 is 5.32 Å². The SMILES string of the molecule is CS(=O)(=O)C1CSCCN1CCC1COCCN1. The van der Waals surface area contributed by atoms with Gasteiger partial charge in [-0.25, -0.2) is 8.42 Å². The van der Waals surface area contributed by atoms with Crippen molar-refractivity contribution in [2.45, 2.75) is 17.8 Å². The fourth-order valence-corrected chi connectivity index (χ4v) is 5.36. The van der Waals surface area contributed by atoms with Crippen LogP contribution in [0.25, 0.3) is 0 Å². The van der Waals surface area contributed by atoms with Gasteiger partial charge < -0.3 is 10.1 Å². The zero-order chi connectivity index (χ0) is 13.0.